The van der Waals surface area contributed by atoms with Gasteiger partial charge in [-0.15, -0.1) is 0 Å². The molecule has 28 heavy (non-hydrogen) atoms. The Hall–Kier alpha value is -1.93. The molecule has 1 aromatic carbocycles. The minimum atomic E-state index is -2.81. The van der Waals surface area contributed by atoms with Crippen LogP contribution in [0.4, 0.5) is 8.78 Å². The lowest BCUT2D eigenvalue weighted by atomic mass is 10.1. The highest BCUT2D eigenvalue weighted by atomic mass is 19.3. The quantitative estimate of drug-likeness (QED) is 0.512. The van der Waals surface area contributed by atoms with Crippen LogP contribution in [0.5, 0.6) is 5.75 Å². The monoisotopic (exact) mass is 398 g/mol. The molecule has 0 amide bonds. The van der Waals surface area contributed by atoms with Gasteiger partial charge in [0.25, 0.3) is 0 Å². The van der Waals surface area contributed by atoms with Gasteiger partial charge in [0, 0.05) is 46.3 Å². The molecule has 0 aromatic heterocycles. The van der Waals surface area contributed by atoms with E-state index in [1.807, 2.05) is 18.9 Å². The number of aliphatic imine (C=N–C) groups is 1. The third-order valence-corrected chi connectivity index (χ3v) is 4.49. The summed E-state index contributed by atoms with van der Waals surface area (Å²) in [6.45, 7) is 8.19. The van der Waals surface area contributed by atoms with Gasteiger partial charge in [0.15, 0.2) is 5.96 Å². The molecule has 158 valence electrons. The third kappa shape index (κ3) is 7.98. The summed E-state index contributed by atoms with van der Waals surface area (Å²) in [5, 5.41) is 3.32. The maximum Gasteiger partial charge on any atom is 0.387 e. The van der Waals surface area contributed by atoms with E-state index in [1.54, 1.807) is 24.3 Å². The second-order valence-electron chi connectivity index (χ2n) is 7.09. The summed E-state index contributed by atoms with van der Waals surface area (Å²) in [6, 6.07) is 6.70. The fourth-order valence-electron chi connectivity index (χ4n) is 3.12. The van der Waals surface area contributed by atoms with Gasteiger partial charge in [0.2, 0.25) is 0 Å². The first kappa shape index (κ1) is 22.4. The Bertz CT molecular complexity index is 592. The second-order valence-corrected chi connectivity index (χ2v) is 7.09. The summed E-state index contributed by atoms with van der Waals surface area (Å²) in [5.74, 6) is 1.45. The van der Waals surface area contributed by atoms with Crippen LogP contribution in [0.15, 0.2) is 29.3 Å². The number of guanidine groups is 1. The number of rotatable bonds is 9. The lowest BCUT2D eigenvalue weighted by Gasteiger charge is -2.29. The van der Waals surface area contributed by atoms with Gasteiger partial charge < -0.3 is 19.7 Å². The van der Waals surface area contributed by atoms with E-state index < -0.39 is 6.61 Å². The zero-order chi connectivity index (χ0) is 20.4. The van der Waals surface area contributed by atoms with Crippen LogP contribution in [0.25, 0.3) is 0 Å². The van der Waals surface area contributed by atoms with E-state index in [1.165, 1.54) is 0 Å². The SMILES string of the molecule is CCNC(=NCC(C)CN1CCOCC1)N(C)Cc1ccc(OC(F)F)cc1. The lowest BCUT2D eigenvalue weighted by Crippen LogP contribution is -2.40. The molecule has 1 aromatic rings. The fraction of sp³-hybridized carbons (Fsp3) is 0.650. The van der Waals surface area contributed by atoms with Gasteiger partial charge in [-0.1, -0.05) is 19.1 Å². The van der Waals surface area contributed by atoms with Gasteiger partial charge in [-0.05, 0) is 30.5 Å². The molecule has 0 bridgehead atoms. The average molecular weight is 398 g/mol. The summed E-state index contributed by atoms with van der Waals surface area (Å²) in [4.78, 5) is 9.24. The summed E-state index contributed by atoms with van der Waals surface area (Å²) < 4.78 is 34.3. The molecular weight excluding hydrogens is 366 g/mol. The third-order valence-electron chi connectivity index (χ3n) is 4.49. The highest BCUT2D eigenvalue weighted by molar-refractivity contribution is 5.79. The molecule has 6 nitrogen and oxygen atoms in total. The Morgan fingerprint density at radius 1 is 1.29 bits per heavy atom. The standard InChI is InChI=1S/C20H32F2N4O2/c1-4-23-20(24-13-16(2)14-26-9-11-27-12-10-26)25(3)15-17-5-7-18(8-6-17)28-19(21)22/h5-8,16,19H,4,9-15H2,1-3H3,(H,23,24). The van der Waals surface area contributed by atoms with E-state index in [9.17, 15) is 8.78 Å². The van der Waals surface area contributed by atoms with Crippen molar-refractivity contribution in [3.8, 4) is 5.75 Å². The van der Waals surface area contributed by atoms with Gasteiger partial charge in [-0.3, -0.25) is 9.89 Å². The van der Waals surface area contributed by atoms with Crippen LogP contribution in [-0.4, -0.2) is 75.4 Å². The number of benzene rings is 1. The number of alkyl halides is 2. The molecule has 1 saturated heterocycles. The number of nitrogens with zero attached hydrogens (tertiary/aromatic N) is 3. The lowest BCUT2D eigenvalue weighted by molar-refractivity contribution is -0.0498. The Labute approximate surface area is 166 Å². The molecule has 1 fully saturated rings. The molecule has 1 heterocycles. The van der Waals surface area contributed by atoms with E-state index >= 15 is 0 Å². The molecule has 1 N–H and O–H groups in total. The second kappa shape index (κ2) is 11.8. The van der Waals surface area contributed by atoms with Crippen molar-refractivity contribution in [2.75, 3.05) is 53.0 Å². The molecule has 1 aliphatic heterocycles. The van der Waals surface area contributed by atoms with Crippen molar-refractivity contribution in [3.63, 3.8) is 0 Å². The Balaban J connectivity index is 1.88. The zero-order valence-electron chi connectivity index (χ0n) is 17.0. The van der Waals surface area contributed by atoms with Gasteiger partial charge in [0.1, 0.15) is 5.75 Å². The smallest absolute Gasteiger partial charge is 0.387 e. The average Bonchev–Trinajstić information content (AvgIpc) is 2.67. The maximum absolute atomic E-state index is 12.3. The van der Waals surface area contributed by atoms with Crippen molar-refractivity contribution in [2.45, 2.75) is 27.0 Å². The van der Waals surface area contributed by atoms with Crippen molar-refractivity contribution in [1.82, 2.24) is 15.1 Å². The topological polar surface area (TPSA) is 49.3 Å². The fourth-order valence-corrected chi connectivity index (χ4v) is 3.12. The number of halogens is 2. The molecular formula is C20H32F2N4O2. The van der Waals surface area contributed by atoms with Crippen LogP contribution in [0.3, 0.4) is 0 Å². The van der Waals surface area contributed by atoms with Crippen LogP contribution in [-0.2, 0) is 11.3 Å². The van der Waals surface area contributed by atoms with Gasteiger partial charge in [0.05, 0.1) is 13.2 Å². The number of hydrogen-bond donors (Lipinski definition) is 1. The van der Waals surface area contributed by atoms with E-state index in [-0.39, 0.29) is 5.75 Å². The molecule has 2 rings (SSSR count). The number of nitrogens with one attached hydrogen (secondary N) is 1. The Morgan fingerprint density at radius 3 is 2.57 bits per heavy atom. The van der Waals surface area contributed by atoms with Gasteiger partial charge >= 0.3 is 6.61 Å². The summed E-state index contributed by atoms with van der Waals surface area (Å²) >= 11 is 0. The first-order chi connectivity index (χ1) is 13.5. The highest BCUT2D eigenvalue weighted by Gasteiger charge is 2.14. The minimum Gasteiger partial charge on any atom is -0.435 e. The van der Waals surface area contributed by atoms with E-state index in [0.29, 0.717) is 12.5 Å². The minimum absolute atomic E-state index is 0.166. The number of morpholine rings is 1. The van der Waals surface area contributed by atoms with Crippen LogP contribution >= 0.6 is 0 Å². The molecule has 8 heteroatoms. The van der Waals surface area contributed by atoms with Crippen LogP contribution in [0.1, 0.15) is 19.4 Å². The molecule has 1 aliphatic rings. The van der Waals surface area contributed by atoms with E-state index in [2.05, 4.69) is 21.9 Å². The maximum atomic E-state index is 12.3. The van der Waals surface area contributed by atoms with Crippen molar-refractivity contribution in [2.24, 2.45) is 10.9 Å². The van der Waals surface area contributed by atoms with Crippen LogP contribution in [0, 0.1) is 5.92 Å². The number of hydrogen-bond acceptors (Lipinski definition) is 4. The van der Waals surface area contributed by atoms with E-state index in [0.717, 1.165) is 57.5 Å². The van der Waals surface area contributed by atoms with Gasteiger partial charge in [-0.2, -0.15) is 8.78 Å². The van der Waals surface area contributed by atoms with Crippen molar-refractivity contribution in [3.05, 3.63) is 29.8 Å². The molecule has 1 atom stereocenters. The van der Waals surface area contributed by atoms with Crippen molar-refractivity contribution < 1.29 is 18.3 Å². The van der Waals surface area contributed by atoms with Crippen molar-refractivity contribution in [1.29, 1.82) is 0 Å². The first-order valence-electron chi connectivity index (χ1n) is 9.81. The zero-order valence-corrected chi connectivity index (χ0v) is 17.0. The molecule has 0 spiro atoms. The Morgan fingerprint density at radius 2 is 1.96 bits per heavy atom. The summed E-state index contributed by atoms with van der Waals surface area (Å²) in [7, 11) is 1.97. The number of ether oxygens (including phenoxy) is 2. The largest absolute Gasteiger partial charge is 0.435 e. The predicted octanol–water partition coefficient (Wildman–Crippen LogP) is 2.65. The van der Waals surface area contributed by atoms with Crippen molar-refractivity contribution >= 4 is 5.96 Å². The molecule has 1 unspecified atom stereocenters. The first-order valence-corrected chi connectivity index (χ1v) is 9.81. The molecule has 0 radical (unpaired) electrons. The van der Waals surface area contributed by atoms with E-state index in [4.69, 9.17) is 9.73 Å². The summed E-state index contributed by atoms with van der Waals surface area (Å²) in [5.41, 5.74) is 0.996. The predicted molar refractivity (Wildman–Crippen MR) is 107 cm³/mol. The summed E-state index contributed by atoms with van der Waals surface area (Å²) in [6.07, 6.45) is 0. The normalized spacial score (nSPS) is 16.9. The molecule has 0 saturated carbocycles. The van der Waals surface area contributed by atoms with Crippen LogP contribution < -0.4 is 10.1 Å². The highest BCUT2D eigenvalue weighted by Crippen LogP contribution is 2.16. The Kier molecular flexibility index (Phi) is 9.43. The molecule has 0 aliphatic carbocycles. The van der Waals surface area contributed by atoms with Gasteiger partial charge in [-0.25, -0.2) is 0 Å². The van der Waals surface area contributed by atoms with Crippen LogP contribution in [0.2, 0.25) is 0 Å².